The van der Waals surface area contributed by atoms with E-state index in [9.17, 15) is 4.79 Å². The molecule has 1 aromatic rings. The lowest BCUT2D eigenvalue weighted by Gasteiger charge is -2.30. The summed E-state index contributed by atoms with van der Waals surface area (Å²) >= 11 is 1.55. The summed E-state index contributed by atoms with van der Waals surface area (Å²) in [4.78, 5) is 15.1. The van der Waals surface area contributed by atoms with E-state index in [1.165, 1.54) is 0 Å². The molecular weight excluding hydrogens is 244 g/mol. The van der Waals surface area contributed by atoms with E-state index in [0.717, 1.165) is 10.6 Å². The van der Waals surface area contributed by atoms with Gasteiger partial charge in [0.05, 0.1) is 5.75 Å². The van der Waals surface area contributed by atoms with Gasteiger partial charge in [-0.15, -0.1) is 11.8 Å². The van der Waals surface area contributed by atoms with Crippen molar-refractivity contribution in [2.24, 2.45) is 0 Å². The molecule has 0 radical (unpaired) electrons. The summed E-state index contributed by atoms with van der Waals surface area (Å²) in [5, 5.41) is 0. The van der Waals surface area contributed by atoms with Gasteiger partial charge in [-0.1, -0.05) is 0 Å². The molecule has 100 valence electrons. The number of hydrogen-bond donors (Lipinski definition) is 1. The molecule has 1 amide bonds. The zero-order valence-corrected chi connectivity index (χ0v) is 12.3. The van der Waals surface area contributed by atoms with Crippen LogP contribution in [0.4, 0.5) is 5.69 Å². The Bertz CT molecular complexity index is 379. The number of nitrogens with zero attached hydrogens (tertiary/aromatic N) is 1. The maximum Gasteiger partial charge on any atom is 0.233 e. The van der Waals surface area contributed by atoms with Gasteiger partial charge in [0.15, 0.2) is 0 Å². The van der Waals surface area contributed by atoms with Crippen molar-refractivity contribution in [2.75, 3.05) is 11.5 Å². The topological polar surface area (TPSA) is 46.3 Å². The van der Waals surface area contributed by atoms with Crippen molar-refractivity contribution in [3.63, 3.8) is 0 Å². The monoisotopic (exact) mass is 266 g/mol. The molecule has 0 saturated carbocycles. The Morgan fingerprint density at radius 1 is 1.17 bits per heavy atom. The Morgan fingerprint density at radius 3 is 2.11 bits per heavy atom. The summed E-state index contributed by atoms with van der Waals surface area (Å²) in [6, 6.07) is 8.09. The molecule has 0 aliphatic carbocycles. The van der Waals surface area contributed by atoms with Crippen LogP contribution in [0.3, 0.4) is 0 Å². The first-order valence-corrected chi connectivity index (χ1v) is 7.20. The number of amides is 1. The minimum atomic E-state index is 0.182. The molecule has 0 unspecified atom stereocenters. The van der Waals surface area contributed by atoms with Crippen LogP contribution in [0.25, 0.3) is 0 Å². The highest BCUT2D eigenvalue weighted by atomic mass is 32.2. The fourth-order valence-corrected chi connectivity index (χ4v) is 2.72. The Kier molecular flexibility index (Phi) is 5.54. The number of anilines is 1. The number of thioether (sulfide) groups is 1. The van der Waals surface area contributed by atoms with Crippen LogP contribution >= 0.6 is 11.8 Å². The minimum Gasteiger partial charge on any atom is -0.399 e. The molecule has 0 fully saturated rings. The number of nitrogen functional groups attached to an aromatic ring is 1. The van der Waals surface area contributed by atoms with Gasteiger partial charge in [0, 0.05) is 22.7 Å². The molecule has 0 spiro atoms. The first-order chi connectivity index (χ1) is 8.41. The quantitative estimate of drug-likeness (QED) is 0.658. The Hall–Kier alpha value is -1.16. The van der Waals surface area contributed by atoms with Gasteiger partial charge in [-0.25, -0.2) is 0 Å². The van der Waals surface area contributed by atoms with Gasteiger partial charge >= 0.3 is 0 Å². The fourth-order valence-electron chi connectivity index (χ4n) is 1.96. The normalized spacial score (nSPS) is 11.0. The second-order valence-corrected chi connectivity index (χ2v) is 5.89. The van der Waals surface area contributed by atoms with Crippen LogP contribution in [-0.4, -0.2) is 28.6 Å². The molecule has 0 aliphatic rings. The molecule has 1 aromatic carbocycles. The van der Waals surface area contributed by atoms with Crippen molar-refractivity contribution in [2.45, 2.75) is 44.7 Å². The molecule has 18 heavy (non-hydrogen) atoms. The molecule has 3 nitrogen and oxygen atoms in total. The largest absolute Gasteiger partial charge is 0.399 e. The lowest BCUT2D eigenvalue weighted by molar-refractivity contribution is -0.131. The van der Waals surface area contributed by atoms with Crippen molar-refractivity contribution >= 4 is 23.4 Å². The van der Waals surface area contributed by atoms with Crippen LogP contribution in [0.15, 0.2) is 29.2 Å². The molecule has 0 aromatic heterocycles. The number of rotatable bonds is 5. The van der Waals surface area contributed by atoms with Crippen molar-refractivity contribution in [3.05, 3.63) is 24.3 Å². The van der Waals surface area contributed by atoms with E-state index < -0.39 is 0 Å². The molecule has 0 heterocycles. The van der Waals surface area contributed by atoms with Crippen molar-refractivity contribution in [1.29, 1.82) is 0 Å². The summed E-state index contributed by atoms with van der Waals surface area (Å²) in [5.41, 5.74) is 6.37. The van der Waals surface area contributed by atoms with E-state index >= 15 is 0 Å². The second kappa shape index (κ2) is 6.69. The predicted molar refractivity (Wildman–Crippen MR) is 78.7 cm³/mol. The molecular formula is C14H22N2OS. The number of carbonyl (C=O) groups is 1. The fraction of sp³-hybridized carbons (Fsp3) is 0.500. The van der Waals surface area contributed by atoms with E-state index in [0.29, 0.717) is 5.75 Å². The number of nitrogens with two attached hydrogens (primary N) is 1. The number of carbonyl (C=O) groups excluding carboxylic acids is 1. The van der Waals surface area contributed by atoms with Crippen LogP contribution in [0.2, 0.25) is 0 Å². The Labute approximate surface area is 114 Å². The van der Waals surface area contributed by atoms with Crippen LogP contribution in [0, 0.1) is 0 Å². The highest BCUT2D eigenvalue weighted by Gasteiger charge is 2.19. The maximum absolute atomic E-state index is 12.1. The third-order valence-corrected chi connectivity index (χ3v) is 3.64. The highest BCUT2D eigenvalue weighted by Crippen LogP contribution is 2.20. The molecule has 1 rings (SSSR count). The van der Waals surface area contributed by atoms with Crippen LogP contribution in [0.5, 0.6) is 0 Å². The Balaban J connectivity index is 2.57. The minimum absolute atomic E-state index is 0.182. The van der Waals surface area contributed by atoms with Gasteiger partial charge in [-0.2, -0.15) is 0 Å². The zero-order valence-electron chi connectivity index (χ0n) is 11.5. The molecule has 0 atom stereocenters. The molecule has 0 aliphatic heterocycles. The first kappa shape index (κ1) is 14.9. The maximum atomic E-state index is 12.1. The van der Waals surface area contributed by atoms with Crippen LogP contribution < -0.4 is 5.73 Å². The first-order valence-electron chi connectivity index (χ1n) is 6.21. The van der Waals surface area contributed by atoms with Crippen molar-refractivity contribution in [1.82, 2.24) is 4.90 Å². The molecule has 4 heteroatoms. The molecule has 0 bridgehead atoms. The molecule has 2 N–H and O–H groups in total. The van der Waals surface area contributed by atoms with Crippen molar-refractivity contribution in [3.8, 4) is 0 Å². The van der Waals surface area contributed by atoms with E-state index in [2.05, 4.69) is 0 Å². The van der Waals surface area contributed by atoms with Gasteiger partial charge in [-0.05, 0) is 52.0 Å². The third-order valence-electron chi connectivity index (χ3n) is 2.64. The van der Waals surface area contributed by atoms with Gasteiger partial charge in [0.1, 0.15) is 0 Å². The summed E-state index contributed by atoms with van der Waals surface area (Å²) < 4.78 is 0. The van der Waals surface area contributed by atoms with Gasteiger partial charge in [0.25, 0.3) is 0 Å². The zero-order chi connectivity index (χ0) is 13.7. The predicted octanol–water partition coefficient (Wildman–Crippen LogP) is 3.01. The average Bonchev–Trinajstić information content (AvgIpc) is 2.27. The lowest BCUT2D eigenvalue weighted by atomic mass is 10.2. The summed E-state index contributed by atoms with van der Waals surface area (Å²) in [5.74, 6) is 0.655. The van der Waals surface area contributed by atoms with Crippen LogP contribution in [-0.2, 0) is 4.79 Å². The van der Waals surface area contributed by atoms with E-state index in [4.69, 9.17) is 5.73 Å². The number of benzene rings is 1. The summed E-state index contributed by atoms with van der Waals surface area (Å²) in [6.07, 6.45) is 0. The standard InChI is InChI=1S/C14H22N2OS/c1-10(2)16(11(3)4)14(17)9-18-13-7-5-12(15)6-8-13/h5-8,10-11H,9,15H2,1-4H3. The van der Waals surface area contributed by atoms with Crippen molar-refractivity contribution < 1.29 is 4.79 Å². The second-order valence-electron chi connectivity index (χ2n) is 4.85. The highest BCUT2D eigenvalue weighted by molar-refractivity contribution is 8.00. The summed E-state index contributed by atoms with van der Waals surface area (Å²) in [7, 11) is 0. The van der Waals surface area contributed by atoms with E-state index in [1.54, 1.807) is 11.8 Å². The SMILES string of the molecule is CC(C)N(C(=O)CSc1ccc(N)cc1)C(C)C. The average molecular weight is 266 g/mol. The van der Waals surface area contributed by atoms with E-state index in [1.807, 2.05) is 56.9 Å². The Morgan fingerprint density at radius 2 is 1.67 bits per heavy atom. The van der Waals surface area contributed by atoms with E-state index in [-0.39, 0.29) is 18.0 Å². The van der Waals surface area contributed by atoms with Gasteiger partial charge < -0.3 is 10.6 Å². The smallest absolute Gasteiger partial charge is 0.233 e. The van der Waals surface area contributed by atoms with Gasteiger partial charge in [-0.3, -0.25) is 4.79 Å². The summed E-state index contributed by atoms with van der Waals surface area (Å²) in [6.45, 7) is 8.19. The van der Waals surface area contributed by atoms with Crippen LogP contribution in [0.1, 0.15) is 27.7 Å². The number of hydrogen-bond acceptors (Lipinski definition) is 3. The molecule has 0 saturated heterocycles. The lowest BCUT2D eigenvalue weighted by Crippen LogP contribution is -2.43. The third kappa shape index (κ3) is 4.26. The van der Waals surface area contributed by atoms with Gasteiger partial charge in [0.2, 0.25) is 5.91 Å².